The molecule has 3 N–H and O–H groups in total. The van der Waals surface area contributed by atoms with Crippen molar-refractivity contribution in [3.8, 4) is 0 Å². The molecule has 0 saturated heterocycles. The molecular formula is C19H24N6O2. The second kappa shape index (κ2) is 7.63. The number of hydrogen-bond donors (Lipinski definition) is 3. The molecule has 2 aromatic heterocycles. The molecule has 1 aromatic carbocycles. The zero-order valence-corrected chi connectivity index (χ0v) is 16.0. The first kappa shape index (κ1) is 18.7. The molecule has 2 heterocycles. The normalized spacial score (nSPS) is 11.1. The zero-order valence-electron chi connectivity index (χ0n) is 16.0. The molecule has 142 valence electrons. The van der Waals surface area contributed by atoms with Crippen LogP contribution >= 0.6 is 0 Å². The summed E-state index contributed by atoms with van der Waals surface area (Å²) in [6, 6.07) is 7.17. The SMILES string of the molecule is Cc1[nH]c2ccc(NC(=O)C(=O)Nc3ccn(CCN(C)C)n3)cc2c1C. The highest BCUT2D eigenvalue weighted by Gasteiger charge is 2.16. The van der Waals surface area contributed by atoms with Crippen LogP contribution in [0.15, 0.2) is 30.5 Å². The minimum absolute atomic E-state index is 0.349. The predicted molar refractivity (Wildman–Crippen MR) is 106 cm³/mol. The number of nitrogens with zero attached hydrogens (tertiary/aromatic N) is 3. The lowest BCUT2D eigenvalue weighted by molar-refractivity contribution is -0.133. The third-order valence-electron chi connectivity index (χ3n) is 4.43. The number of anilines is 2. The van der Waals surface area contributed by atoms with Gasteiger partial charge in [0.25, 0.3) is 0 Å². The first-order chi connectivity index (χ1) is 12.8. The van der Waals surface area contributed by atoms with E-state index in [1.54, 1.807) is 23.0 Å². The van der Waals surface area contributed by atoms with Gasteiger partial charge in [-0.05, 0) is 51.7 Å². The fourth-order valence-corrected chi connectivity index (χ4v) is 2.76. The molecular weight excluding hydrogens is 344 g/mol. The average Bonchev–Trinajstić information content (AvgIpc) is 3.18. The van der Waals surface area contributed by atoms with Crippen molar-refractivity contribution in [3.63, 3.8) is 0 Å². The summed E-state index contributed by atoms with van der Waals surface area (Å²) < 4.78 is 1.72. The average molecular weight is 368 g/mol. The Morgan fingerprint density at radius 2 is 1.89 bits per heavy atom. The monoisotopic (exact) mass is 368 g/mol. The van der Waals surface area contributed by atoms with Crippen molar-refractivity contribution in [1.82, 2.24) is 19.7 Å². The fraction of sp³-hybridized carbons (Fsp3) is 0.316. The first-order valence-electron chi connectivity index (χ1n) is 8.73. The summed E-state index contributed by atoms with van der Waals surface area (Å²) in [6.07, 6.45) is 1.77. The molecule has 0 aliphatic rings. The van der Waals surface area contributed by atoms with Crippen LogP contribution in [0.2, 0.25) is 0 Å². The molecule has 8 nitrogen and oxygen atoms in total. The summed E-state index contributed by atoms with van der Waals surface area (Å²) in [5.41, 5.74) is 3.77. The molecule has 2 amide bonds. The fourth-order valence-electron chi connectivity index (χ4n) is 2.76. The molecule has 3 aromatic rings. The molecule has 3 rings (SSSR count). The van der Waals surface area contributed by atoms with Gasteiger partial charge in [-0.2, -0.15) is 5.10 Å². The van der Waals surface area contributed by atoms with E-state index < -0.39 is 11.8 Å². The van der Waals surface area contributed by atoms with Gasteiger partial charge < -0.3 is 20.5 Å². The predicted octanol–water partition coefficient (Wildman–Crippen LogP) is 2.12. The number of H-pyrrole nitrogens is 1. The first-order valence-corrected chi connectivity index (χ1v) is 8.73. The maximum absolute atomic E-state index is 12.2. The molecule has 8 heteroatoms. The quantitative estimate of drug-likeness (QED) is 0.601. The number of benzene rings is 1. The summed E-state index contributed by atoms with van der Waals surface area (Å²) in [6.45, 7) is 5.54. The van der Waals surface area contributed by atoms with Gasteiger partial charge in [-0.1, -0.05) is 0 Å². The van der Waals surface area contributed by atoms with Crippen molar-refractivity contribution in [2.45, 2.75) is 20.4 Å². The van der Waals surface area contributed by atoms with Gasteiger partial charge >= 0.3 is 11.8 Å². The Labute approximate surface area is 157 Å². The summed E-state index contributed by atoms with van der Waals surface area (Å²) in [7, 11) is 3.95. The summed E-state index contributed by atoms with van der Waals surface area (Å²) in [5.74, 6) is -1.14. The smallest absolute Gasteiger partial charge is 0.315 e. The second-order valence-corrected chi connectivity index (χ2v) is 6.81. The van der Waals surface area contributed by atoms with E-state index in [2.05, 4.69) is 20.7 Å². The van der Waals surface area contributed by atoms with Crippen molar-refractivity contribution in [3.05, 3.63) is 41.7 Å². The Balaban J connectivity index is 1.62. The highest BCUT2D eigenvalue weighted by atomic mass is 16.2. The number of nitrogens with one attached hydrogen (secondary N) is 3. The van der Waals surface area contributed by atoms with E-state index in [-0.39, 0.29) is 0 Å². The summed E-state index contributed by atoms with van der Waals surface area (Å²) in [4.78, 5) is 29.6. The molecule has 0 radical (unpaired) electrons. The molecule has 0 bridgehead atoms. The number of carbonyl (C=O) groups excluding carboxylic acids is 2. The Hall–Kier alpha value is -3.13. The van der Waals surface area contributed by atoms with Crippen molar-refractivity contribution >= 4 is 34.2 Å². The lowest BCUT2D eigenvalue weighted by atomic mass is 10.1. The lowest BCUT2D eigenvalue weighted by Gasteiger charge is -2.08. The van der Waals surface area contributed by atoms with Gasteiger partial charge in [-0.25, -0.2) is 0 Å². The van der Waals surface area contributed by atoms with Crippen LogP contribution in [0.4, 0.5) is 11.5 Å². The minimum atomic E-state index is -0.755. The van der Waals surface area contributed by atoms with E-state index in [1.165, 1.54) is 0 Å². The summed E-state index contributed by atoms with van der Waals surface area (Å²) >= 11 is 0. The summed E-state index contributed by atoms with van der Waals surface area (Å²) in [5, 5.41) is 10.4. The highest BCUT2D eigenvalue weighted by molar-refractivity contribution is 6.43. The minimum Gasteiger partial charge on any atom is -0.358 e. The van der Waals surface area contributed by atoms with Crippen molar-refractivity contribution in [2.24, 2.45) is 0 Å². The third kappa shape index (κ3) is 4.35. The van der Waals surface area contributed by atoms with Crippen LogP contribution in [0.1, 0.15) is 11.3 Å². The molecule has 0 atom stereocenters. The van der Waals surface area contributed by atoms with E-state index in [0.717, 1.165) is 28.7 Å². The standard InChI is InChI=1S/C19H24N6O2/c1-12-13(2)20-16-6-5-14(11-15(12)16)21-18(26)19(27)22-17-7-8-25(23-17)10-9-24(3)4/h5-8,11,20H,9-10H2,1-4H3,(H,21,26)(H,22,23,27). The van der Waals surface area contributed by atoms with Crippen molar-refractivity contribution in [2.75, 3.05) is 31.3 Å². The Morgan fingerprint density at radius 3 is 2.63 bits per heavy atom. The second-order valence-electron chi connectivity index (χ2n) is 6.81. The van der Waals surface area contributed by atoms with Crippen LogP contribution < -0.4 is 10.6 Å². The zero-order chi connectivity index (χ0) is 19.6. The Kier molecular flexibility index (Phi) is 5.27. The van der Waals surface area contributed by atoms with E-state index in [4.69, 9.17) is 0 Å². The molecule has 0 fully saturated rings. The number of likely N-dealkylation sites (N-methyl/N-ethyl adjacent to an activating group) is 1. The van der Waals surface area contributed by atoms with Gasteiger partial charge in [0.1, 0.15) is 0 Å². The van der Waals surface area contributed by atoms with Crippen LogP contribution in [-0.4, -0.2) is 52.1 Å². The van der Waals surface area contributed by atoms with Gasteiger partial charge in [-0.15, -0.1) is 0 Å². The number of aromatic amines is 1. The van der Waals surface area contributed by atoms with E-state index in [0.29, 0.717) is 18.1 Å². The topological polar surface area (TPSA) is 95.0 Å². The lowest BCUT2D eigenvalue weighted by Crippen LogP contribution is -2.29. The number of aryl methyl sites for hydroxylation is 2. The maximum Gasteiger partial charge on any atom is 0.315 e. The van der Waals surface area contributed by atoms with E-state index in [1.807, 2.05) is 45.0 Å². The number of aromatic nitrogens is 3. The van der Waals surface area contributed by atoms with Crippen LogP contribution in [0.5, 0.6) is 0 Å². The number of fused-ring (bicyclic) bond motifs is 1. The molecule has 0 saturated carbocycles. The third-order valence-corrected chi connectivity index (χ3v) is 4.43. The molecule has 0 aliphatic carbocycles. The molecule has 27 heavy (non-hydrogen) atoms. The number of hydrogen-bond acceptors (Lipinski definition) is 4. The number of amides is 2. The maximum atomic E-state index is 12.2. The number of rotatable bonds is 5. The molecule has 0 unspecified atom stereocenters. The van der Waals surface area contributed by atoms with Crippen LogP contribution in [-0.2, 0) is 16.1 Å². The van der Waals surface area contributed by atoms with Gasteiger partial charge in [0.05, 0.1) is 6.54 Å². The van der Waals surface area contributed by atoms with Crippen LogP contribution in [0, 0.1) is 13.8 Å². The molecule has 0 aliphatic heterocycles. The Bertz CT molecular complexity index is 985. The van der Waals surface area contributed by atoms with Gasteiger partial charge in [0, 0.05) is 41.1 Å². The largest absolute Gasteiger partial charge is 0.358 e. The van der Waals surface area contributed by atoms with Gasteiger partial charge in [0.2, 0.25) is 0 Å². The number of carbonyl (C=O) groups is 2. The van der Waals surface area contributed by atoms with Crippen molar-refractivity contribution in [1.29, 1.82) is 0 Å². The highest BCUT2D eigenvalue weighted by Crippen LogP contribution is 2.24. The van der Waals surface area contributed by atoms with E-state index in [9.17, 15) is 9.59 Å². The van der Waals surface area contributed by atoms with Gasteiger partial charge in [-0.3, -0.25) is 14.3 Å². The van der Waals surface area contributed by atoms with E-state index >= 15 is 0 Å². The van der Waals surface area contributed by atoms with Crippen LogP contribution in [0.3, 0.4) is 0 Å². The Morgan fingerprint density at radius 1 is 1.15 bits per heavy atom. The van der Waals surface area contributed by atoms with Crippen molar-refractivity contribution < 1.29 is 9.59 Å². The van der Waals surface area contributed by atoms with Gasteiger partial charge in [0.15, 0.2) is 5.82 Å². The van der Waals surface area contributed by atoms with Crippen LogP contribution in [0.25, 0.3) is 10.9 Å². The molecule has 0 spiro atoms.